The predicted molar refractivity (Wildman–Crippen MR) is 87.8 cm³/mol. The Kier molecular flexibility index (Phi) is 3.43. The Morgan fingerprint density at radius 2 is 1.69 bits per heavy atom. The second-order valence-corrected chi connectivity index (χ2v) is 5.73. The number of fused-ring (bicyclic) bond motifs is 1. The molecule has 130 valence electrons. The normalized spacial score (nSPS) is 13.2. The molecular weight excluding hydrogens is 338 g/mol. The molecule has 0 saturated heterocycles. The molecule has 2 aromatic heterocycles. The largest absolute Gasteiger partial charge is 0.367 e. The molecule has 0 fully saturated rings. The maximum absolute atomic E-state index is 12.6. The zero-order valence-electron chi connectivity index (χ0n) is 13.9. The van der Waals surface area contributed by atoms with Crippen LogP contribution >= 0.6 is 0 Å². The lowest BCUT2D eigenvalue weighted by Crippen LogP contribution is -2.32. The van der Waals surface area contributed by atoms with Crippen LogP contribution in [-0.2, 0) is 18.9 Å². The third-order valence-corrected chi connectivity index (χ3v) is 4.04. The fraction of sp³-hybridized carbons (Fsp3) is 0.118. The monoisotopic (exact) mass is 351 g/mol. The number of aromatic nitrogens is 4. The summed E-state index contributed by atoms with van der Waals surface area (Å²) in [7, 11) is 3.36. The first-order valence-corrected chi connectivity index (χ1v) is 7.69. The minimum absolute atomic E-state index is 0.118. The average Bonchev–Trinajstić information content (AvgIpc) is 3.28. The van der Waals surface area contributed by atoms with Crippen LogP contribution in [0.5, 0.6) is 0 Å². The number of hydroxylamine groups is 2. The van der Waals surface area contributed by atoms with Gasteiger partial charge in [0.1, 0.15) is 11.3 Å². The van der Waals surface area contributed by atoms with Gasteiger partial charge in [0.25, 0.3) is 11.8 Å². The summed E-state index contributed by atoms with van der Waals surface area (Å²) in [5, 5.41) is 8.79. The summed E-state index contributed by atoms with van der Waals surface area (Å²) in [5.41, 5.74) is 1.45. The summed E-state index contributed by atoms with van der Waals surface area (Å²) in [6, 6.07) is 7.98. The molecule has 2 amide bonds. The van der Waals surface area contributed by atoms with Gasteiger partial charge in [-0.25, -0.2) is 4.79 Å². The molecule has 1 aromatic carbocycles. The van der Waals surface area contributed by atoms with Crippen LogP contribution in [0.3, 0.4) is 0 Å². The van der Waals surface area contributed by atoms with E-state index in [0.717, 1.165) is 0 Å². The zero-order valence-corrected chi connectivity index (χ0v) is 13.9. The van der Waals surface area contributed by atoms with Crippen LogP contribution in [0.2, 0.25) is 0 Å². The topological polar surface area (TPSA) is 99.3 Å². The van der Waals surface area contributed by atoms with Gasteiger partial charge in [0.05, 0.1) is 16.8 Å². The quantitative estimate of drug-likeness (QED) is 0.657. The van der Waals surface area contributed by atoms with Crippen molar-refractivity contribution in [3.63, 3.8) is 0 Å². The molecule has 9 heteroatoms. The summed E-state index contributed by atoms with van der Waals surface area (Å²) < 4.78 is 3.00. The Balaban J connectivity index is 1.66. The number of carbonyl (C=O) groups is 3. The molecule has 3 heterocycles. The fourth-order valence-corrected chi connectivity index (χ4v) is 2.82. The molecule has 3 aromatic rings. The maximum Gasteiger partial charge on any atom is 0.367 e. The van der Waals surface area contributed by atoms with Gasteiger partial charge in [-0.15, -0.1) is 0 Å². The molecular formula is C17H13N5O4. The maximum atomic E-state index is 12.6. The van der Waals surface area contributed by atoms with Crippen LogP contribution in [0.4, 0.5) is 0 Å². The Labute approximate surface area is 147 Å². The minimum atomic E-state index is -0.858. The Morgan fingerprint density at radius 1 is 1.04 bits per heavy atom. The van der Waals surface area contributed by atoms with Gasteiger partial charge in [0, 0.05) is 26.5 Å². The van der Waals surface area contributed by atoms with Gasteiger partial charge in [-0.1, -0.05) is 17.2 Å². The Bertz CT molecular complexity index is 1030. The Morgan fingerprint density at radius 3 is 2.27 bits per heavy atom. The van der Waals surface area contributed by atoms with E-state index in [9.17, 15) is 14.4 Å². The van der Waals surface area contributed by atoms with Crippen LogP contribution in [0.1, 0.15) is 31.1 Å². The van der Waals surface area contributed by atoms with E-state index in [-0.39, 0.29) is 16.7 Å². The number of hydrogen-bond acceptors (Lipinski definition) is 6. The molecule has 0 saturated carbocycles. The summed E-state index contributed by atoms with van der Waals surface area (Å²) in [6.07, 6.45) is 3.03. The highest BCUT2D eigenvalue weighted by atomic mass is 16.7. The third-order valence-electron chi connectivity index (χ3n) is 4.04. The molecule has 1 aliphatic rings. The number of hydrogen-bond donors (Lipinski definition) is 0. The molecule has 0 unspecified atom stereocenters. The van der Waals surface area contributed by atoms with Crippen molar-refractivity contribution < 1.29 is 19.2 Å². The molecule has 0 atom stereocenters. The highest BCUT2D eigenvalue weighted by Crippen LogP contribution is 2.26. The van der Waals surface area contributed by atoms with Crippen molar-refractivity contribution in [3.05, 3.63) is 59.4 Å². The van der Waals surface area contributed by atoms with E-state index in [1.165, 1.54) is 23.0 Å². The van der Waals surface area contributed by atoms with Gasteiger partial charge in [0.2, 0.25) is 0 Å². The van der Waals surface area contributed by atoms with Crippen molar-refractivity contribution in [2.24, 2.45) is 14.1 Å². The molecule has 0 spiro atoms. The average molecular weight is 351 g/mol. The summed E-state index contributed by atoms with van der Waals surface area (Å²) in [6.45, 7) is 0. The van der Waals surface area contributed by atoms with Crippen LogP contribution in [0.15, 0.2) is 42.7 Å². The SMILES string of the molecule is Cn1cc(C(=O)ON2C(=O)c3ccccc3C2=O)c(-c2ccnn2C)n1. The van der Waals surface area contributed by atoms with Gasteiger partial charge in [0.15, 0.2) is 0 Å². The van der Waals surface area contributed by atoms with E-state index in [1.54, 1.807) is 43.2 Å². The van der Waals surface area contributed by atoms with E-state index < -0.39 is 17.8 Å². The number of amides is 2. The van der Waals surface area contributed by atoms with Gasteiger partial charge in [-0.05, 0) is 18.2 Å². The van der Waals surface area contributed by atoms with Gasteiger partial charge >= 0.3 is 5.97 Å². The van der Waals surface area contributed by atoms with Gasteiger partial charge in [-0.2, -0.15) is 10.2 Å². The highest BCUT2D eigenvalue weighted by molar-refractivity contribution is 6.21. The Hall–Kier alpha value is -3.75. The van der Waals surface area contributed by atoms with Crippen molar-refractivity contribution in [1.82, 2.24) is 24.6 Å². The second kappa shape index (κ2) is 5.66. The molecule has 0 aliphatic carbocycles. The molecule has 1 aliphatic heterocycles. The molecule has 26 heavy (non-hydrogen) atoms. The molecule has 4 rings (SSSR count). The fourth-order valence-electron chi connectivity index (χ4n) is 2.82. The van der Waals surface area contributed by atoms with Crippen LogP contribution in [0, 0.1) is 0 Å². The van der Waals surface area contributed by atoms with E-state index in [1.807, 2.05) is 0 Å². The van der Waals surface area contributed by atoms with Gasteiger partial charge in [-0.3, -0.25) is 19.0 Å². The van der Waals surface area contributed by atoms with Crippen molar-refractivity contribution in [2.45, 2.75) is 0 Å². The zero-order chi connectivity index (χ0) is 18.4. The first kappa shape index (κ1) is 15.8. The first-order valence-electron chi connectivity index (χ1n) is 7.69. The first-order chi connectivity index (χ1) is 12.5. The lowest BCUT2D eigenvalue weighted by atomic mass is 10.1. The molecule has 9 nitrogen and oxygen atoms in total. The number of nitrogens with zero attached hydrogens (tertiary/aromatic N) is 5. The highest BCUT2D eigenvalue weighted by Gasteiger charge is 2.39. The lowest BCUT2D eigenvalue weighted by Gasteiger charge is -2.12. The number of benzene rings is 1. The van der Waals surface area contributed by atoms with E-state index in [2.05, 4.69) is 10.2 Å². The van der Waals surface area contributed by atoms with Crippen LogP contribution < -0.4 is 0 Å². The number of rotatable bonds is 3. The third kappa shape index (κ3) is 2.29. The molecule has 0 radical (unpaired) electrons. The summed E-state index contributed by atoms with van der Waals surface area (Å²) >= 11 is 0. The van der Waals surface area contributed by atoms with Crippen LogP contribution in [-0.4, -0.2) is 42.4 Å². The standard InChI is InChI=1S/C17H13N5O4/c1-20-9-12(14(19-20)13-7-8-18-21(13)2)17(25)26-22-15(23)10-5-3-4-6-11(10)16(22)24/h3-9H,1-2H3. The summed E-state index contributed by atoms with van der Waals surface area (Å²) in [4.78, 5) is 42.4. The van der Waals surface area contributed by atoms with E-state index in [0.29, 0.717) is 16.5 Å². The molecule has 0 bridgehead atoms. The van der Waals surface area contributed by atoms with Crippen molar-refractivity contribution in [2.75, 3.05) is 0 Å². The van der Waals surface area contributed by atoms with Crippen molar-refractivity contribution >= 4 is 17.8 Å². The minimum Gasteiger partial charge on any atom is -0.324 e. The summed E-state index contributed by atoms with van der Waals surface area (Å²) in [5.74, 6) is -2.21. The molecule has 0 N–H and O–H groups in total. The van der Waals surface area contributed by atoms with E-state index >= 15 is 0 Å². The van der Waals surface area contributed by atoms with Crippen LogP contribution in [0.25, 0.3) is 11.4 Å². The number of aryl methyl sites for hydroxylation is 2. The van der Waals surface area contributed by atoms with Gasteiger partial charge < -0.3 is 4.84 Å². The number of carbonyl (C=O) groups excluding carboxylic acids is 3. The van der Waals surface area contributed by atoms with Crippen molar-refractivity contribution in [3.8, 4) is 11.4 Å². The van der Waals surface area contributed by atoms with Crippen molar-refractivity contribution in [1.29, 1.82) is 0 Å². The lowest BCUT2D eigenvalue weighted by molar-refractivity contribution is -0.0584. The smallest absolute Gasteiger partial charge is 0.324 e. The number of imide groups is 1. The second-order valence-electron chi connectivity index (χ2n) is 5.73. The van der Waals surface area contributed by atoms with E-state index in [4.69, 9.17) is 4.84 Å². The predicted octanol–water partition coefficient (Wildman–Crippen LogP) is 1.19.